The molecule has 0 fully saturated rings. The number of carboxylic acids is 1. The van der Waals surface area contributed by atoms with Crippen LogP contribution < -0.4 is 5.32 Å². The molecule has 5 nitrogen and oxygen atoms in total. The fraction of sp³-hybridized carbons (Fsp3) is 0.300. The molecule has 0 aromatic carbocycles. The molecule has 0 aliphatic heterocycles. The molecular weight excluding hydrogens is 228 g/mol. The molecule has 0 radical (unpaired) electrons. The molecule has 0 unspecified atom stereocenters. The minimum Gasteiger partial charge on any atom is -0.477 e. The van der Waals surface area contributed by atoms with E-state index in [0.29, 0.717) is 17.8 Å². The summed E-state index contributed by atoms with van der Waals surface area (Å²) in [5.74, 6) is -1.09. The number of nitrogens with one attached hydrogen (secondary N) is 1. The molecule has 1 heterocycles. The van der Waals surface area contributed by atoms with Gasteiger partial charge < -0.3 is 10.4 Å². The lowest BCUT2D eigenvalue weighted by atomic mass is 10.3. The second-order valence-electron chi connectivity index (χ2n) is 3.03. The number of aromatic carboxylic acids is 1. The first kappa shape index (κ1) is 12.4. The Morgan fingerprint density at radius 2 is 2.38 bits per heavy atom. The SMILES string of the molecule is C=CCCC(=O)NCc1ncc(C(=O)O)s1. The summed E-state index contributed by atoms with van der Waals surface area (Å²) in [4.78, 5) is 25.9. The number of aromatic nitrogens is 1. The van der Waals surface area contributed by atoms with Gasteiger partial charge in [-0.1, -0.05) is 6.08 Å². The number of carbonyl (C=O) groups is 2. The predicted octanol–water partition coefficient (Wildman–Crippen LogP) is 1.42. The molecule has 0 aliphatic rings. The Morgan fingerprint density at radius 3 is 2.94 bits per heavy atom. The van der Waals surface area contributed by atoms with Crippen LogP contribution in [-0.4, -0.2) is 22.0 Å². The van der Waals surface area contributed by atoms with E-state index in [1.54, 1.807) is 6.08 Å². The molecule has 0 atom stereocenters. The first-order chi connectivity index (χ1) is 7.63. The number of hydrogen-bond donors (Lipinski definition) is 2. The summed E-state index contributed by atoms with van der Waals surface area (Å²) in [5, 5.41) is 11.9. The van der Waals surface area contributed by atoms with Crippen LogP contribution in [0.15, 0.2) is 18.9 Å². The van der Waals surface area contributed by atoms with Crippen molar-refractivity contribution in [3.63, 3.8) is 0 Å². The van der Waals surface area contributed by atoms with Crippen molar-refractivity contribution in [2.24, 2.45) is 0 Å². The molecular formula is C10H12N2O3S. The van der Waals surface area contributed by atoms with E-state index in [4.69, 9.17) is 5.11 Å². The zero-order valence-electron chi connectivity index (χ0n) is 8.60. The quantitative estimate of drug-likeness (QED) is 0.737. The van der Waals surface area contributed by atoms with Crippen molar-refractivity contribution >= 4 is 23.2 Å². The van der Waals surface area contributed by atoms with Crippen molar-refractivity contribution in [2.75, 3.05) is 0 Å². The van der Waals surface area contributed by atoms with E-state index in [9.17, 15) is 9.59 Å². The number of rotatable bonds is 6. The number of hydrogen-bond acceptors (Lipinski definition) is 4. The molecule has 0 saturated heterocycles. The number of allylic oxidation sites excluding steroid dienone is 1. The topological polar surface area (TPSA) is 79.3 Å². The Kier molecular flexibility index (Phi) is 4.65. The van der Waals surface area contributed by atoms with Crippen LogP contribution in [0.5, 0.6) is 0 Å². The normalized spacial score (nSPS) is 9.75. The molecule has 0 aliphatic carbocycles. The highest BCUT2D eigenvalue weighted by atomic mass is 32.1. The predicted molar refractivity (Wildman–Crippen MR) is 60.4 cm³/mol. The maximum Gasteiger partial charge on any atom is 0.347 e. The summed E-state index contributed by atoms with van der Waals surface area (Å²) in [7, 11) is 0. The lowest BCUT2D eigenvalue weighted by molar-refractivity contribution is -0.121. The monoisotopic (exact) mass is 240 g/mol. The van der Waals surface area contributed by atoms with Gasteiger partial charge in [0.25, 0.3) is 0 Å². The van der Waals surface area contributed by atoms with Crippen LogP contribution in [0.2, 0.25) is 0 Å². The lowest BCUT2D eigenvalue weighted by Gasteiger charge is -2.00. The third kappa shape index (κ3) is 3.82. The Balaban J connectivity index is 2.39. The second-order valence-corrected chi connectivity index (χ2v) is 4.14. The summed E-state index contributed by atoms with van der Waals surface area (Å²) in [5.41, 5.74) is 0. The fourth-order valence-electron chi connectivity index (χ4n) is 0.987. The summed E-state index contributed by atoms with van der Waals surface area (Å²) in [6.45, 7) is 3.79. The van der Waals surface area contributed by atoms with Crippen LogP contribution in [0.4, 0.5) is 0 Å². The van der Waals surface area contributed by atoms with Crippen molar-refractivity contribution in [3.05, 3.63) is 28.7 Å². The Morgan fingerprint density at radius 1 is 1.62 bits per heavy atom. The molecule has 0 saturated carbocycles. The number of carboxylic acid groups (broad SMARTS) is 1. The van der Waals surface area contributed by atoms with E-state index in [1.807, 2.05) is 0 Å². The second kappa shape index (κ2) is 6.02. The van der Waals surface area contributed by atoms with E-state index in [2.05, 4.69) is 16.9 Å². The zero-order chi connectivity index (χ0) is 12.0. The molecule has 86 valence electrons. The van der Waals surface area contributed by atoms with Crippen LogP contribution >= 0.6 is 11.3 Å². The van der Waals surface area contributed by atoms with Crippen molar-refractivity contribution in [1.82, 2.24) is 10.3 Å². The molecule has 16 heavy (non-hydrogen) atoms. The maximum absolute atomic E-state index is 11.2. The van der Waals surface area contributed by atoms with Crippen LogP contribution in [0.1, 0.15) is 27.5 Å². The standard InChI is InChI=1S/C10H12N2O3S/c1-2-3-4-8(13)11-6-9-12-5-7(16-9)10(14)15/h2,5H,1,3-4,6H2,(H,11,13)(H,14,15). The average Bonchev–Trinajstić information content (AvgIpc) is 2.72. The van der Waals surface area contributed by atoms with Crippen LogP contribution in [0.25, 0.3) is 0 Å². The summed E-state index contributed by atoms with van der Waals surface area (Å²) in [6, 6.07) is 0. The molecule has 1 aromatic rings. The van der Waals surface area contributed by atoms with Crippen molar-refractivity contribution in [2.45, 2.75) is 19.4 Å². The Labute approximate surface area is 96.8 Å². The molecule has 1 amide bonds. The number of carbonyl (C=O) groups excluding carboxylic acids is 1. The summed E-state index contributed by atoms with van der Waals surface area (Å²) < 4.78 is 0. The minimum atomic E-state index is -0.998. The highest BCUT2D eigenvalue weighted by molar-refractivity contribution is 7.13. The first-order valence-electron chi connectivity index (χ1n) is 4.69. The van der Waals surface area contributed by atoms with Gasteiger partial charge in [0.15, 0.2) is 0 Å². The van der Waals surface area contributed by atoms with Gasteiger partial charge in [-0.15, -0.1) is 17.9 Å². The highest BCUT2D eigenvalue weighted by Gasteiger charge is 2.08. The van der Waals surface area contributed by atoms with Crippen molar-refractivity contribution in [1.29, 1.82) is 0 Å². The first-order valence-corrected chi connectivity index (χ1v) is 5.50. The van der Waals surface area contributed by atoms with Gasteiger partial charge in [-0.05, 0) is 6.42 Å². The highest BCUT2D eigenvalue weighted by Crippen LogP contribution is 2.12. The number of nitrogens with zero attached hydrogens (tertiary/aromatic N) is 1. The van der Waals surface area contributed by atoms with Crippen LogP contribution in [0.3, 0.4) is 0 Å². The van der Waals surface area contributed by atoms with Crippen LogP contribution in [-0.2, 0) is 11.3 Å². The van der Waals surface area contributed by atoms with Gasteiger partial charge in [-0.3, -0.25) is 4.79 Å². The van der Waals surface area contributed by atoms with Gasteiger partial charge in [-0.2, -0.15) is 0 Å². The summed E-state index contributed by atoms with van der Waals surface area (Å²) >= 11 is 1.06. The van der Waals surface area contributed by atoms with E-state index < -0.39 is 5.97 Å². The van der Waals surface area contributed by atoms with Gasteiger partial charge >= 0.3 is 5.97 Å². The smallest absolute Gasteiger partial charge is 0.347 e. The van der Waals surface area contributed by atoms with Crippen LogP contribution in [0, 0.1) is 0 Å². The molecule has 6 heteroatoms. The maximum atomic E-state index is 11.2. The molecule has 0 spiro atoms. The zero-order valence-corrected chi connectivity index (χ0v) is 9.42. The largest absolute Gasteiger partial charge is 0.477 e. The number of amides is 1. The van der Waals surface area contributed by atoms with E-state index in [-0.39, 0.29) is 17.3 Å². The molecule has 0 bridgehead atoms. The van der Waals surface area contributed by atoms with Gasteiger partial charge in [-0.25, -0.2) is 9.78 Å². The third-order valence-corrected chi connectivity index (χ3v) is 2.76. The Bertz CT molecular complexity index is 401. The van der Waals surface area contributed by atoms with E-state index >= 15 is 0 Å². The number of thiazole rings is 1. The van der Waals surface area contributed by atoms with Crippen molar-refractivity contribution in [3.8, 4) is 0 Å². The van der Waals surface area contributed by atoms with Gasteiger partial charge in [0.05, 0.1) is 12.7 Å². The van der Waals surface area contributed by atoms with E-state index in [1.165, 1.54) is 6.20 Å². The van der Waals surface area contributed by atoms with E-state index in [0.717, 1.165) is 11.3 Å². The fourth-order valence-corrected chi connectivity index (χ4v) is 1.68. The third-order valence-electron chi connectivity index (χ3n) is 1.78. The van der Waals surface area contributed by atoms with Crippen molar-refractivity contribution < 1.29 is 14.7 Å². The minimum absolute atomic E-state index is 0.0908. The lowest BCUT2D eigenvalue weighted by Crippen LogP contribution is -2.21. The molecule has 1 aromatic heterocycles. The molecule has 2 N–H and O–H groups in total. The molecule has 1 rings (SSSR count). The Hall–Kier alpha value is -1.69. The summed E-state index contributed by atoms with van der Waals surface area (Å²) in [6.07, 6.45) is 3.98. The van der Waals surface area contributed by atoms with Gasteiger partial charge in [0.2, 0.25) is 5.91 Å². The van der Waals surface area contributed by atoms with Gasteiger partial charge in [0, 0.05) is 6.42 Å². The average molecular weight is 240 g/mol. The van der Waals surface area contributed by atoms with Gasteiger partial charge in [0.1, 0.15) is 9.88 Å².